The van der Waals surface area contributed by atoms with Crippen LogP contribution in [0, 0.1) is 5.82 Å². The summed E-state index contributed by atoms with van der Waals surface area (Å²) < 4.78 is 14.5. The highest BCUT2D eigenvalue weighted by molar-refractivity contribution is 8.04. The monoisotopic (exact) mass is 632 g/mol. The van der Waals surface area contributed by atoms with Gasteiger partial charge in [-0.1, -0.05) is 60.8 Å². The van der Waals surface area contributed by atoms with Gasteiger partial charge in [0, 0.05) is 78.9 Å². The summed E-state index contributed by atoms with van der Waals surface area (Å²) in [6.07, 6.45) is 6.15. The number of nitrogens with one attached hydrogen (secondary N) is 1. The normalized spacial score (nSPS) is 21.8. The van der Waals surface area contributed by atoms with Crippen molar-refractivity contribution in [2.45, 2.75) is 43.5 Å². The Hall–Kier alpha value is -3.33. The predicted molar refractivity (Wildman–Crippen MR) is 177 cm³/mol. The van der Waals surface area contributed by atoms with Gasteiger partial charge in [0.1, 0.15) is 5.82 Å². The molecule has 3 aliphatic rings. The second-order valence-electron chi connectivity index (χ2n) is 11.7. The molecule has 0 bridgehead atoms. The van der Waals surface area contributed by atoms with E-state index in [4.69, 9.17) is 11.6 Å². The number of nitrogens with zero attached hydrogens (tertiary/aromatic N) is 3. The second-order valence-corrected chi connectivity index (χ2v) is 13.4. The molecule has 3 fully saturated rings. The maximum Gasteiger partial charge on any atom is 0.260 e. The number of benzene rings is 3. The number of carbonyl (C=O) groups is 2. The summed E-state index contributed by atoms with van der Waals surface area (Å²) in [4.78, 5) is 33.8. The minimum absolute atomic E-state index is 0.0448. The Kier molecular flexibility index (Phi) is 9.89. The van der Waals surface area contributed by atoms with Crippen LogP contribution in [0.4, 0.5) is 10.1 Å². The molecule has 0 aromatic heterocycles. The van der Waals surface area contributed by atoms with Crippen molar-refractivity contribution in [2.75, 3.05) is 44.2 Å². The van der Waals surface area contributed by atoms with E-state index in [9.17, 15) is 14.0 Å². The molecular weight excluding hydrogens is 595 g/mol. The fourth-order valence-corrected chi connectivity index (χ4v) is 8.04. The summed E-state index contributed by atoms with van der Waals surface area (Å²) in [6.45, 7) is 5.37. The van der Waals surface area contributed by atoms with E-state index in [-0.39, 0.29) is 30.2 Å². The van der Waals surface area contributed by atoms with Crippen LogP contribution in [0.2, 0.25) is 5.02 Å². The summed E-state index contributed by atoms with van der Waals surface area (Å²) in [6, 6.07) is 22.2. The maximum atomic E-state index is 14.5. The van der Waals surface area contributed by atoms with E-state index in [0.717, 1.165) is 74.7 Å². The summed E-state index contributed by atoms with van der Waals surface area (Å²) >= 11 is 7.80. The van der Waals surface area contributed by atoms with Crippen LogP contribution in [-0.4, -0.2) is 72.2 Å². The molecule has 6 nitrogen and oxygen atoms in total. The first-order valence-electron chi connectivity index (χ1n) is 15.5. The minimum atomic E-state index is -0.276. The fraction of sp³-hybridized carbons (Fsp3) is 0.371. The molecule has 1 saturated carbocycles. The molecule has 0 spiro atoms. The quantitative estimate of drug-likeness (QED) is 0.289. The SMILES string of the molecule is O=C(NCCN1CCN(c2cccc(Cl)c2)CC1)c1ccc(/C=C2\SC3CCCCC3N(Cc3ccccc3F)C2=O)cc1. The highest BCUT2D eigenvalue weighted by atomic mass is 35.5. The zero-order chi connectivity index (χ0) is 30.5. The highest BCUT2D eigenvalue weighted by Crippen LogP contribution is 2.42. The number of hydrogen-bond acceptors (Lipinski definition) is 5. The van der Waals surface area contributed by atoms with Crippen molar-refractivity contribution < 1.29 is 14.0 Å². The Morgan fingerprint density at radius 2 is 1.75 bits per heavy atom. The van der Waals surface area contributed by atoms with Crippen LogP contribution in [0.3, 0.4) is 0 Å². The van der Waals surface area contributed by atoms with Gasteiger partial charge in [-0.2, -0.15) is 0 Å². The predicted octanol–water partition coefficient (Wildman–Crippen LogP) is 6.46. The standard InChI is InChI=1S/C35H38ClFN4O2S/c36-28-7-5-8-29(23-28)40-20-18-39(19-21-40)17-16-38-34(42)26-14-12-25(13-15-26)22-33-35(43)41(24-27-6-1-2-9-30(27)37)31-10-3-4-11-32(31)44-33/h1-2,5-9,12-15,22-23,31-32H,3-4,10-11,16-21,24H2,(H,38,42)/b33-22-. The Labute approximate surface area is 268 Å². The van der Waals surface area contributed by atoms with Gasteiger partial charge in [-0.3, -0.25) is 14.5 Å². The third-order valence-corrected chi connectivity index (χ3v) is 10.5. The first-order valence-corrected chi connectivity index (χ1v) is 16.7. The van der Waals surface area contributed by atoms with Crippen molar-refractivity contribution in [1.29, 1.82) is 0 Å². The number of rotatable bonds is 8. The molecule has 44 heavy (non-hydrogen) atoms. The molecular formula is C35H38ClFN4O2S. The van der Waals surface area contributed by atoms with Crippen molar-refractivity contribution in [2.24, 2.45) is 0 Å². The molecule has 6 rings (SSSR count). The lowest BCUT2D eigenvalue weighted by Crippen LogP contribution is -2.50. The lowest BCUT2D eigenvalue weighted by atomic mass is 9.92. The van der Waals surface area contributed by atoms with E-state index >= 15 is 0 Å². The Balaban J connectivity index is 1.03. The smallest absolute Gasteiger partial charge is 0.260 e. The van der Waals surface area contributed by atoms with E-state index in [0.29, 0.717) is 27.8 Å². The third-order valence-electron chi connectivity index (χ3n) is 8.85. The number of fused-ring (bicyclic) bond motifs is 1. The van der Waals surface area contributed by atoms with Crippen LogP contribution in [0.25, 0.3) is 6.08 Å². The van der Waals surface area contributed by atoms with E-state index in [1.165, 1.54) is 6.07 Å². The van der Waals surface area contributed by atoms with Gasteiger partial charge in [0.15, 0.2) is 0 Å². The molecule has 2 unspecified atom stereocenters. The van der Waals surface area contributed by atoms with E-state index in [1.807, 2.05) is 59.5 Å². The first-order chi connectivity index (χ1) is 21.4. The van der Waals surface area contributed by atoms with Gasteiger partial charge in [0.25, 0.3) is 11.8 Å². The second kappa shape index (κ2) is 14.2. The van der Waals surface area contributed by atoms with Crippen molar-refractivity contribution in [1.82, 2.24) is 15.1 Å². The van der Waals surface area contributed by atoms with Crippen LogP contribution < -0.4 is 10.2 Å². The van der Waals surface area contributed by atoms with Gasteiger partial charge in [0.2, 0.25) is 0 Å². The van der Waals surface area contributed by atoms with Gasteiger partial charge < -0.3 is 15.1 Å². The Morgan fingerprint density at radius 1 is 0.977 bits per heavy atom. The van der Waals surface area contributed by atoms with Crippen molar-refractivity contribution in [3.05, 3.63) is 105 Å². The number of anilines is 1. The van der Waals surface area contributed by atoms with Crippen molar-refractivity contribution >= 4 is 46.9 Å². The van der Waals surface area contributed by atoms with Crippen LogP contribution in [0.5, 0.6) is 0 Å². The molecule has 3 aromatic rings. The molecule has 1 N–H and O–H groups in total. The lowest BCUT2D eigenvalue weighted by Gasteiger charge is -2.44. The average molecular weight is 633 g/mol. The number of thioether (sulfide) groups is 1. The molecule has 0 radical (unpaired) electrons. The van der Waals surface area contributed by atoms with Gasteiger partial charge >= 0.3 is 0 Å². The number of piperazine rings is 1. The lowest BCUT2D eigenvalue weighted by molar-refractivity contribution is -0.130. The van der Waals surface area contributed by atoms with Gasteiger partial charge in [-0.25, -0.2) is 4.39 Å². The highest BCUT2D eigenvalue weighted by Gasteiger charge is 2.40. The molecule has 2 amide bonds. The van der Waals surface area contributed by atoms with Crippen LogP contribution >= 0.6 is 23.4 Å². The largest absolute Gasteiger partial charge is 0.369 e. The van der Waals surface area contributed by atoms with Gasteiger partial charge in [0.05, 0.1) is 4.91 Å². The molecule has 1 aliphatic carbocycles. The van der Waals surface area contributed by atoms with Crippen molar-refractivity contribution in [3.63, 3.8) is 0 Å². The molecule has 230 valence electrons. The topological polar surface area (TPSA) is 55.9 Å². The number of halogens is 2. The molecule has 2 heterocycles. The maximum absolute atomic E-state index is 14.5. The summed E-state index contributed by atoms with van der Waals surface area (Å²) in [5.74, 6) is -0.427. The number of hydrogen-bond donors (Lipinski definition) is 1. The van der Waals surface area contributed by atoms with Crippen LogP contribution in [0.1, 0.15) is 47.2 Å². The summed E-state index contributed by atoms with van der Waals surface area (Å²) in [5.41, 5.74) is 3.16. The van der Waals surface area contributed by atoms with Gasteiger partial charge in [-0.05, 0) is 60.9 Å². The molecule has 2 aliphatic heterocycles. The van der Waals surface area contributed by atoms with E-state index in [2.05, 4.69) is 21.2 Å². The summed E-state index contributed by atoms with van der Waals surface area (Å²) in [7, 11) is 0. The average Bonchev–Trinajstić information content (AvgIpc) is 3.04. The first kappa shape index (κ1) is 30.7. The summed E-state index contributed by atoms with van der Waals surface area (Å²) in [5, 5.41) is 4.11. The van der Waals surface area contributed by atoms with Crippen molar-refractivity contribution in [3.8, 4) is 0 Å². The molecule has 2 atom stereocenters. The minimum Gasteiger partial charge on any atom is -0.369 e. The fourth-order valence-electron chi connectivity index (χ4n) is 6.39. The number of amides is 2. The molecule has 2 saturated heterocycles. The Bertz CT molecular complexity index is 1510. The van der Waals surface area contributed by atoms with E-state index < -0.39 is 0 Å². The van der Waals surface area contributed by atoms with Crippen LogP contribution in [0.15, 0.2) is 77.7 Å². The zero-order valence-corrected chi connectivity index (χ0v) is 26.3. The van der Waals surface area contributed by atoms with E-state index in [1.54, 1.807) is 23.9 Å². The molecule has 3 aromatic carbocycles. The third kappa shape index (κ3) is 7.31. The Morgan fingerprint density at radius 3 is 2.52 bits per heavy atom. The van der Waals surface area contributed by atoms with Crippen LogP contribution in [-0.2, 0) is 11.3 Å². The molecule has 9 heteroatoms. The number of carbonyl (C=O) groups excluding carboxylic acids is 2. The van der Waals surface area contributed by atoms with Gasteiger partial charge in [-0.15, -0.1) is 11.8 Å². The zero-order valence-electron chi connectivity index (χ0n) is 24.8.